The third-order valence-corrected chi connectivity index (χ3v) is 10.9. The van der Waals surface area contributed by atoms with Crippen molar-refractivity contribution in [3.05, 3.63) is 77.9 Å². The molecule has 4 aliphatic rings. The smallest absolute Gasteiger partial charge is 0.246 e. The number of nitrogens with zero attached hydrogens (tertiary/aromatic N) is 1. The Kier molecular flexibility index (Phi) is 8.44. The molecule has 1 spiro atoms. The van der Waals surface area contributed by atoms with Gasteiger partial charge in [0.2, 0.25) is 17.7 Å². The molecule has 234 valence electrons. The first-order valence-electron chi connectivity index (χ1n) is 16.5. The SMILES string of the molecule is CC(C)c1ccc(NC(=O)[C@H]2[C@H]3C=C[C@@]4(O3)[C@H]2C(=O)N([C@H](C)CCc2ccccc2)[C@@H]4C(=O)N[C@@H]2CCC[C@@H](C)[C@H]2C)cc1. The van der Waals surface area contributed by atoms with Crippen LogP contribution in [0.1, 0.15) is 77.3 Å². The summed E-state index contributed by atoms with van der Waals surface area (Å²) in [4.78, 5) is 44.5. The molecule has 9 atom stereocenters. The maximum Gasteiger partial charge on any atom is 0.246 e. The molecule has 0 radical (unpaired) electrons. The first-order valence-corrected chi connectivity index (χ1v) is 16.5. The fourth-order valence-corrected chi connectivity index (χ4v) is 8.06. The van der Waals surface area contributed by atoms with E-state index < -0.39 is 29.6 Å². The van der Waals surface area contributed by atoms with Gasteiger partial charge in [0.25, 0.3) is 0 Å². The highest BCUT2D eigenvalue weighted by Crippen LogP contribution is 2.56. The summed E-state index contributed by atoms with van der Waals surface area (Å²) in [7, 11) is 0. The number of nitrogens with one attached hydrogen (secondary N) is 2. The molecule has 1 aliphatic carbocycles. The topological polar surface area (TPSA) is 87.7 Å². The maximum atomic E-state index is 14.5. The van der Waals surface area contributed by atoms with Gasteiger partial charge in [-0.3, -0.25) is 14.4 Å². The fourth-order valence-electron chi connectivity index (χ4n) is 8.06. The summed E-state index contributed by atoms with van der Waals surface area (Å²) < 4.78 is 6.60. The molecule has 0 aromatic heterocycles. The molecule has 3 fully saturated rings. The van der Waals surface area contributed by atoms with Crippen LogP contribution in [-0.2, 0) is 25.5 Å². The van der Waals surface area contributed by atoms with Crippen molar-refractivity contribution in [3.63, 3.8) is 0 Å². The number of amides is 3. The Morgan fingerprint density at radius 2 is 1.73 bits per heavy atom. The van der Waals surface area contributed by atoms with Gasteiger partial charge in [-0.1, -0.05) is 95.2 Å². The number of carbonyl (C=O) groups is 3. The van der Waals surface area contributed by atoms with Crippen molar-refractivity contribution in [2.75, 3.05) is 5.32 Å². The second kappa shape index (κ2) is 12.2. The van der Waals surface area contributed by atoms with Crippen LogP contribution in [0.25, 0.3) is 0 Å². The van der Waals surface area contributed by atoms with E-state index in [2.05, 4.69) is 50.5 Å². The van der Waals surface area contributed by atoms with Crippen molar-refractivity contribution in [2.45, 2.75) is 102 Å². The van der Waals surface area contributed by atoms with Crippen LogP contribution < -0.4 is 10.6 Å². The number of anilines is 1. The van der Waals surface area contributed by atoms with E-state index in [4.69, 9.17) is 4.74 Å². The molecule has 44 heavy (non-hydrogen) atoms. The zero-order chi connectivity index (χ0) is 31.2. The molecular formula is C37H47N3O4. The Hall–Kier alpha value is -3.45. The second-order valence-corrected chi connectivity index (χ2v) is 14.0. The Morgan fingerprint density at radius 3 is 2.43 bits per heavy atom. The van der Waals surface area contributed by atoms with Gasteiger partial charge in [-0.05, 0) is 67.2 Å². The van der Waals surface area contributed by atoms with Gasteiger partial charge in [0.1, 0.15) is 11.6 Å². The van der Waals surface area contributed by atoms with Gasteiger partial charge in [-0.25, -0.2) is 0 Å². The lowest BCUT2D eigenvalue weighted by molar-refractivity contribution is -0.144. The Morgan fingerprint density at radius 1 is 1.00 bits per heavy atom. The fraction of sp³-hybridized carbons (Fsp3) is 0.541. The largest absolute Gasteiger partial charge is 0.359 e. The quantitative estimate of drug-likeness (QED) is 0.355. The Balaban J connectivity index is 1.28. The highest BCUT2D eigenvalue weighted by atomic mass is 16.5. The summed E-state index contributed by atoms with van der Waals surface area (Å²) in [6.07, 6.45) is 7.89. The number of hydrogen-bond acceptors (Lipinski definition) is 4. The maximum absolute atomic E-state index is 14.5. The molecule has 7 heteroatoms. The van der Waals surface area contributed by atoms with Crippen LogP contribution in [0.15, 0.2) is 66.7 Å². The summed E-state index contributed by atoms with van der Waals surface area (Å²) in [5.41, 5.74) is 1.90. The average Bonchev–Trinajstić information content (AvgIpc) is 3.66. The van der Waals surface area contributed by atoms with E-state index in [1.807, 2.05) is 61.5 Å². The molecule has 2 saturated heterocycles. The van der Waals surface area contributed by atoms with E-state index in [1.54, 1.807) is 4.90 Å². The molecule has 7 nitrogen and oxygen atoms in total. The molecule has 6 rings (SSSR count). The van der Waals surface area contributed by atoms with Crippen molar-refractivity contribution in [3.8, 4) is 0 Å². The van der Waals surface area contributed by atoms with Gasteiger partial charge < -0.3 is 20.3 Å². The van der Waals surface area contributed by atoms with Crippen LogP contribution >= 0.6 is 0 Å². The minimum Gasteiger partial charge on any atom is -0.359 e. The number of rotatable bonds is 9. The van der Waals surface area contributed by atoms with Gasteiger partial charge in [0, 0.05) is 17.8 Å². The lowest BCUT2D eigenvalue weighted by atomic mass is 9.73. The van der Waals surface area contributed by atoms with E-state index in [0.717, 1.165) is 25.7 Å². The van der Waals surface area contributed by atoms with E-state index in [1.165, 1.54) is 11.1 Å². The van der Waals surface area contributed by atoms with Gasteiger partial charge in [-0.15, -0.1) is 0 Å². The summed E-state index contributed by atoms with van der Waals surface area (Å²) in [6.45, 7) is 10.7. The predicted molar refractivity (Wildman–Crippen MR) is 172 cm³/mol. The Labute approximate surface area is 261 Å². The molecular weight excluding hydrogens is 550 g/mol. The molecule has 3 heterocycles. The van der Waals surface area contributed by atoms with E-state index in [-0.39, 0.29) is 29.8 Å². The summed E-state index contributed by atoms with van der Waals surface area (Å²) in [6, 6.07) is 17.0. The van der Waals surface area contributed by atoms with Crippen LogP contribution in [-0.4, -0.2) is 52.5 Å². The van der Waals surface area contributed by atoms with Crippen LogP contribution in [0, 0.1) is 23.7 Å². The summed E-state index contributed by atoms with van der Waals surface area (Å²) in [5.74, 6) is -0.807. The van der Waals surface area contributed by atoms with E-state index >= 15 is 0 Å². The molecule has 3 amide bonds. The van der Waals surface area contributed by atoms with E-state index in [0.29, 0.717) is 29.9 Å². The van der Waals surface area contributed by atoms with Gasteiger partial charge in [0.05, 0.1) is 17.9 Å². The van der Waals surface area contributed by atoms with Gasteiger partial charge >= 0.3 is 0 Å². The van der Waals surface area contributed by atoms with Crippen molar-refractivity contribution in [1.29, 1.82) is 0 Å². The van der Waals surface area contributed by atoms with Crippen LogP contribution in [0.3, 0.4) is 0 Å². The third kappa shape index (κ3) is 5.38. The normalized spacial score (nSPS) is 33.0. The number of fused-ring (bicyclic) bond motifs is 1. The Bertz CT molecular complexity index is 1410. The third-order valence-electron chi connectivity index (χ3n) is 10.9. The number of aryl methyl sites for hydroxylation is 1. The standard InChI is InChI=1S/C37H47N3O4/c1-22(2)27-16-18-28(19-17-27)38-34(41)31-30-20-21-37(44-30)32(31)36(43)40(24(4)14-15-26-11-7-6-8-12-26)33(37)35(42)39-29-13-9-10-23(3)25(29)5/h6-8,11-12,16-25,29-33H,9-10,13-15H2,1-5H3,(H,38,41)(H,39,42)/t23-,24-,25-,29-,30-,31+,32-,33-,37-/m1/s1. The van der Waals surface area contributed by atoms with E-state index in [9.17, 15) is 14.4 Å². The number of ether oxygens (including phenoxy) is 1. The highest BCUT2D eigenvalue weighted by Gasteiger charge is 2.73. The second-order valence-electron chi connectivity index (χ2n) is 14.0. The number of likely N-dealkylation sites (tertiary alicyclic amines) is 1. The minimum atomic E-state index is -1.17. The first kappa shape index (κ1) is 30.6. The molecule has 1 saturated carbocycles. The van der Waals surface area contributed by atoms with Gasteiger partial charge in [-0.2, -0.15) is 0 Å². The molecule has 2 bridgehead atoms. The van der Waals surface area contributed by atoms with Crippen molar-refractivity contribution in [2.24, 2.45) is 23.7 Å². The lowest BCUT2D eigenvalue weighted by Crippen LogP contribution is -2.59. The molecule has 3 aliphatic heterocycles. The molecule has 0 unspecified atom stereocenters. The summed E-state index contributed by atoms with van der Waals surface area (Å²) >= 11 is 0. The minimum absolute atomic E-state index is 0.0498. The number of hydrogen-bond donors (Lipinski definition) is 2. The molecule has 2 N–H and O–H groups in total. The zero-order valence-electron chi connectivity index (χ0n) is 26.7. The van der Waals surface area contributed by atoms with Crippen molar-refractivity contribution in [1.82, 2.24) is 10.2 Å². The average molecular weight is 598 g/mol. The van der Waals surface area contributed by atoms with Crippen LogP contribution in [0.2, 0.25) is 0 Å². The van der Waals surface area contributed by atoms with Gasteiger partial charge in [0.15, 0.2) is 0 Å². The zero-order valence-corrected chi connectivity index (χ0v) is 26.7. The van der Waals surface area contributed by atoms with Crippen LogP contribution in [0.4, 0.5) is 5.69 Å². The molecule has 2 aromatic carbocycles. The summed E-state index contributed by atoms with van der Waals surface area (Å²) in [5, 5.41) is 6.41. The number of benzene rings is 2. The van der Waals surface area contributed by atoms with Crippen molar-refractivity contribution >= 4 is 23.4 Å². The van der Waals surface area contributed by atoms with Crippen molar-refractivity contribution < 1.29 is 19.1 Å². The van der Waals surface area contributed by atoms with Crippen LogP contribution in [0.5, 0.6) is 0 Å². The molecule has 2 aromatic rings. The predicted octanol–water partition coefficient (Wildman–Crippen LogP) is 5.86. The first-order chi connectivity index (χ1) is 21.1. The lowest BCUT2D eigenvalue weighted by Gasteiger charge is -2.39. The highest BCUT2D eigenvalue weighted by molar-refractivity contribution is 6.03. The number of carbonyl (C=O) groups excluding carboxylic acids is 3. The monoisotopic (exact) mass is 597 g/mol.